The highest BCUT2D eigenvalue weighted by atomic mass is 19.4. The predicted molar refractivity (Wildman–Crippen MR) is 117 cm³/mol. The lowest BCUT2D eigenvalue weighted by atomic mass is 10.0. The first-order chi connectivity index (χ1) is 16.3. The van der Waals surface area contributed by atoms with Crippen LogP contribution in [0.2, 0.25) is 0 Å². The summed E-state index contributed by atoms with van der Waals surface area (Å²) in [6.07, 6.45) is 0.258. The fraction of sp³-hybridized carbons (Fsp3) is 0.375. The molecule has 1 N–H and O–H groups in total. The maximum Gasteiger partial charge on any atom is 0.417 e. The van der Waals surface area contributed by atoms with Crippen molar-refractivity contribution in [2.24, 2.45) is 0 Å². The summed E-state index contributed by atoms with van der Waals surface area (Å²) in [5.74, 6) is -0.0675. The van der Waals surface area contributed by atoms with Gasteiger partial charge in [-0.1, -0.05) is 0 Å². The number of anilines is 1. The van der Waals surface area contributed by atoms with E-state index in [1.54, 1.807) is 16.8 Å². The number of fused-ring (bicyclic) bond motifs is 1. The molecule has 3 aromatic rings. The Hall–Kier alpha value is -3.43. The highest BCUT2D eigenvalue weighted by Gasteiger charge is 2.32. The van der Waals surface area contributed by atoms with Crippen LogP contribution in [0.5, 0.6) is 0 Å². The van der Waals surface area contributed by atoms with Gasteiger partial charge in [0.1, 0.15) is 11.6 Å². The second-order valence-corrected chi connectivity index (χ2v) is 8.65. The monoisotopic (exact) mass is 473 g/mol. The van der Waals surface area contributed by atoms with Crippen molar-refractivity contribution in [3.63, 3.8) is 0 Å². The minimum Gasteiger partial charge on any atom is -0.356 e. The predicted octanol–water partition coefficient (Wildman–Crippen LogP) is 4.31. The van der Waals surface area contributed by atoms with Crippen molar-refractivity contribution in [1.29, 1.82) is 0 Å². The summed E-state index contributed by atoms with van der Waals surface area (Å²) < 4.78 is 53.3. The van der Waals surface area contributed by atoms with Gasteiger partial charge >= 0.3 is 6.18 Å². The topological polar surface area (TPSA) is 63.1 Å². The maximum absolute atomic E-state index is 13.3. The summed E-state index contributed by atoms with van der Waals surface area (Å²) in [6.45, 7) is 1.15. The number of amides is 1. The van der Waals surface area contributed by atoms with E-state index in [-0.39, 0.29) is 17.8 Å². The number of halogens is 4. The van der Waals surface area contributed by atoms with Gasteiger partial charge in [-0.25, -0.2) is 14.1 Å². The summed E-state index contributed by atoms with van der Waals surface area (Å²) in [5, 5.41) is 7.63. The fourth-order valence-electron chi connectivity index (χ4n) is 4.66. The van der Waals surface area contributed by atoms with E-state index in [1.807, 2.05) is 4.90 Å². The van der Waals surface area contributed by atoms with Crippen LogP contribution in [0.3, 0.4) is 0 Å². The van der Waals surface area contributed by atoms with Crippen LogP contribution in [-0.2, 0) is 19.0 Å². The lowest BCUT2D eigenvalue weighted by molar-refractivity contribution is -0.137. The summed E-state index contributed by atoms with van der Waals surface area (Å²) in [6, 6.07) is 8.39. The van der Waals surface area contributed by atoms with Crippen molar-refractivity contribution in [2.45, 2.75) is 44.3 Å². The minimum absolute atomic E-state index is 0.0637. The van der Waals surface area contributed by atoms with Gasteiger partial charge in [0.25, 0.3) is 5.91 Å². The van der Waals surface area contributed by atoms with Gasteiger partial charge < -0.3 is 10.2 Å². The zero-order valence-corrected chi connectivity index (χ0v) is 18.3. The molecule has 1 aromatic carbocycles. The first-order valence-electron chi connectivity index (χ1n) is 11.3. The Morgan fingerprint density at radius 2 is 1.76 bits per heavy atom. The average molecular weight is 473 g/mol. The molecule has 5 rings (SSSR count). The molecule has 1 amide bonds. The Bertz CT molecular complexity index is 1180. The van der Waals surface area contributed by atoms with Crippen LogP contribution in [0.1, 0.15) is 46.6 Å². The van der Waals surface area contributed by atoms with Crippen molar-refractivity contribution in [2.75, 3.05) is 18.0 Å². The van der Waals surface area contributed by atoms with E-state index in [0.717, 1.165) is 48.5 Å². The van der Waals surface area contributed by atoms with Gasteiger partial charge in [-0.15, -0.1) is 0 Å². The van der Waals surface area contributed by atoms with Gasteiger partial charge in [0.05, 0.1) is 11.3 Å². The summed E-state index contributed by atoms with van der Waals surface area (Å²) >= 11 is 0. The molecule has 10 heteroatoms. The van der Waals surface area contributed by atoms with Crippen LogP contribution < -0.4 is 10.2 Å². The maximum atomic E-state index is 13.3. The molecule has 6 nitrogen and oxygen atoms in total. The zero-order valence-electron chi connectivity index (χ0n) is 18.3. The number of hydrogen-bond acceptors (Lipinski definition) is 4. The van der Waals surface area contributed by atoms with Crippen molar-refractivity contribution in [3.8, 4) is 5.69 Å². The smallest absolute Gasteiger partial charge is 0.356 e. The molecule has 34 heavy (non-hydrogen) atoms. The summed E-state index contributed by atoms with van der Waals surface area (Å²) in [5.41, 5.74) is 2.28. The van der Waals surface area contributed by atoms with Crippen molar-refractivity contribution in [3.05, 3.63) is 70.9 Å². The highest BCUT2D eigenvalue weighted by molar-refractivity contribution is 5.94. The van der Waals surface area contributed by atoms with Gasteiger partial charge in [0.15, 0.2) is 5.69 Å². The number of nitrogens with zero attached hydrogens (tertiary/aromatic N) is 4. The molecule has 0 unspecified atom stereocenters. The fourth-order valence-corrected chi connectivity index (χ4v) is 4.66. The molecule has 1 aliphatic heterocycles. The van der Waals surface area contributed by atoms with Gasteiger partial charge in [-0.3, -0.25) is 4.79 Å². The quantitative estimate of drug-likeness (QED) is 0.574. The lowest BCUT2D eigenvalue weighted by Crippen LogP contribution is -2.45. The first kappa shape index (κ1) is 22.4. The van der Waals surface area contributed by atoms with E-state index in [4.69, 9.17) is 0 Å². The molecule has 0 saturated carbocycles. The van der Waals surface area contributed by atoms with Crippen molar-refractivity contribution < 1.29 is 22.4 Å². The lowest BCUT2D eigenvalue weighted by Gasteiger charge is -2.33. The average Bonchev–Trinajstić information content (AvgIpc) is 3.43. The normalized spacial score (nSPS) is 16.5. The van der Waals surface area contributed by atoms with E-state index < -0.39 is 11.7 Å². The number of carbonyl (C=O) groups excluding carboxylic acids is 1. The Morgan fingerprint density at radius 3 is 2.41 bits per heavy atom. The van der Waals surface area contributed by atoms with Gasteiger partial charge in [0.2, 0.25) is 0 Å². The SMILES string of the molecule is O=C(NC1CCN(c2ccc(C(F)(F)F)cn2)CC1)c1nn(-c2ccc(F)cc2)c2c1CCC2. The van der Waals surface area contributed by atoms with Crippen LogP contribution in [0, 0.1) is 5.82 Å². The van der Waals surface area contributed by atoms with Gasteiger partial charge in [-0.2, -0.15) is 18.3 Å². The van der Waals surface area contributed by atoms with E-state index >= 15 is 0 Å². The molecule has 0 bridgehead atoms. The molecule has 3 heterocycles. The standard InChI is InChI=1S/C24H23F4N5O/c25-16-5-7-18(8-6-16)33-20-3-1-2-19(20)22(31-33)23(34)30-17-10-12-32(13-11-17)21-9-4-15(14-29-21)24(26,27)28/h4-9,14,17H,1-3,10-13H2,(H,30,34). The van der Waals surface area contributed by atoms with Crippen LogP contribution in [0.15, 0.2) is 42.6 Å². The van der Waals surface area contributed by atoms with E-state index in [2.05, 4.69) is 15.4 Å². The van der Waals surface area contributed by atoms with E-state index in [0.29, 0.717) is 37.4 Å². The number of benzene rings is 1. The second-order valence-electron chi connectivity index (χ2n) is 8.65. The first-order valence-corrected chi connectivity index (χ1v) is 11.3. The molecule has 0 radical (unpaired) electrons. The third-order valence-electron chi connectivity index (χ3n) is 6.45. The highest BCUT2D eigenvalue weighted by Crippen LogP contribution is 2.30. The number of rotatable bonds is 4. The third-order valence-corrected chi connectivity index (χ3v) is 6.45. The molecule has 0 atom stereocenters. The Balaban J connectivity index is 1.24. The van der Waals surface area contributed by atoms with E-state index in [1.165, 1.54) is 18.2 Å². The Kier molecular flexibility index (Phi) is 5.75. The van der Waals surface area contributed by atoms with Gasteiger partial charge in [0, 0.05) is 36.6 Å². The van der Waals surface area contributed by atoms with Crippen molar-refractivity contribution >= 4 is 11.7 Å². The third kappa shape index (κ3) is 4.36. The molecule has 178 valence electrons. The minimum atomic E-state index is -4.41. The number of piperidine rings is 1. The summed E-state index contributed by atoms with van der Waals surface area (Å²) in [4.78, 5) is 19.0. The molecular formula is C24H23F4N5O. The number of pyridine rings is 1. The Labute approximate surface area is 193 Å². The van der Waals surface area contributed by atoms with E-state index in [9.17, 15) is 22.4 Å². The van der Waals surface area contributed by atoms with Gasteiger partial charge in [-0.05, 0) is 68.5 Å². The van der Waals surface area contributed by atoms with Crippen molar-refractivity contribution in [1.82, 2.24) is 20.1 Å². The molecule has 2 aromatic heterocycles. The van der Waals surface area contributed by atoms with Crippen LogP contribution in [0.4, 0.5) is 23.4 Å². The molecule has 1 aliphatic carbocycles. The number of alkyl halides is 3. The number of carbonyl (C=O) groups is 1. The Morgan fingerprint density at radius 1 is 1.03 bits per heavy atom. The number of hydrogen-bond donors (Lipinski definition) is 1. The van der Waals surface area contributed by atoms with Crippen LogP contribution in [-0.4, -0.2) is 39.8 Å². The molecule has 0 spiro atoms. The van der Waals surface area contributed by atoms with Crippen LogP contribution >= 0.6 is 0 Å². The summed E-state index contributed by atoms with van der Waals surface area (Å²) in [7, 11) is 0. The zero-order chi connectivity index (χ0) is 23.9. The van der Waals surface area contributed by atoms with Crippen LogP contribution in [0.25, 0.3) is 5.69 Å². The largest absolute Gasteiger partial charge is 0.417 e. The molecular weight excluding hydrogens is 450 g/mol. The second kappa shape index (κ2) is 8.73. The molecule has 2 aliphatic rings. The number of aromatic nitrogens is 3. The molecule has 1 saturated heterocycles. The molecule has 1 fully saturated rings. The number of nitrogens with one attached hydrogen (secondary N) is 1.